The van der Waals surface area contributed by atoms with E-state index in [1.165, 1.54) is 0 Å². The van der Waals surface area contributed by atoms with Crippen LogP contribution in [0.2, 0.25) is 0 Å². The topological polar surface area (TPSA) is 271 Å². The van der Waals surface area contributed by atoms with Gasteiger partial charge in [0.05, 0.1) is 72.7 Å². The van der Waals surface area contributed by atoms with Crippen molar-refractivity contribution < 1.29 is 93.3 Å². The van der Waals surface area contributed by atoms with Crippen LogP contribution in [0.25, 0.3) is 0 Å². The smallest absolute Gasteiger partial charge is 0.396 e. The molecule has 0 bridgehead atoms. The standard InChI is InChI=1S/C64H134O20P4.CH4/c1-11-21-31-33-36-48-77-85(66,67)79-53-59(50-74-56-62(38-22-12-2,39-23-13-3)40-24-14-4)83-87(70,71)81-55-61(52-76-58-64(44-28-18-8,45-29-19-9)46-30-20-10)84-88(72,73)80-54-60(82-86(68,69)78-49-37-34-32-35-47-65)51-75-57-63(41-25-15-5,42-26-16-6)43-27-17-7;/h59-61,65H,11-58H2,1-10H3,(H,66,67)(H,68,69)(H,70,71)(H,72,73);1H4. The number of ether oxygens (including phenoxy) is 3. The summed E-state index contributed by atoms with van der Waals surface area (Å²) >= 11 is 0. The minimum atomic E-state index is -5.21. The monoisotopic (exact) mass is 1360 g/mol. The molecule has 0 radical (unpaired) electrons. The normalized spacial score (nSPS) is 16.3. The summed E-state index contributed by atoms with van der Waals surface area (Å²) in [5.41, 5.74) is -0.542. The Balaban J connectivity index is 0. The average Bonchev–Trinajstić information content (AvgIpc) is 3.58. The number of aliphatic hydroxyl groups is 1. The maximum absolute atomic E-state index is 14.2. The Kier molecular flexibility index (Phi) is 56.7. The number of rotatable bonds is 68. The summed E-state index contributed by atoms with van der Waals surface area (Å²) in [5, 5.41) is 9.19. The molecule has 0 aliphatic rings. The Labute approximate surface area is 544 Å². The Morgan fingerprint density at radius 1 is 0.292 bits per heavy atom. The zero-order chi connectivity index (χ0) is 66.0. The molecule has 7 unspecified atom stereocenters. The highest BCUT2D eigenvalue weighted by Crippen LogP contribution is 2.51. The number of phosphoric acid groups is 4. The summed E-state index contributed by atoms with van der Waals surface area (Å²) in [6, 6.07) is 0. The van der Waals surface area contributed by atoms with Crippen molar-refractivity contribution in [2.24, 2.45) is 16.2 Å². The Hall–Kier alpha value is 0.280. The van der Waals surface area contributed by atoms with E-state index >= 15 is 0 Å². The quantitative estimate of drug-likeness (QED) is 0.0280. The SMILES string of the molecule is C.CCCCCCCOP(=O)(O)OCC(COCC(CCCC)(CCCC)CCCC)OP(=O)(O)OCC(COCC(CCCC)(CCCC)CCCC)OP(=O)(O)OCC(COCC(CCCC)(CCCC)CCCC)OP(=O)(O)OCCCCCCO. The minimum absolute atomic E-state index is 0. The Bertz CT molecular complexity index is 1750. The molecule has 0 aromatic carbocycles. The Morgan fingerprint density at radius 2 is 0.517 bits per heavy atom. The summed E-state index contributed by atoms with van der Waals surface area (Å²) < 4.78 is 119. The highest BCUT2D eigenvalue weighted by Gasteiger charge is 2.38. The zero-order valence-electron chi connectivity index (χ0n) is 57.3. The van der Waals surface area contributed by atoms with Gasteiger partial charge in [0.15, 0.2) is 0 Å². The summed E-state index contributed by atoms with van der Waals surface area (Å²) in [4.78, 5) is 44.8. The van der Waals surface area contributed by atoms with E-state index in [1.807, 2.05) is 0 Å². The van der Waals surface area contributed by atoms with Crippen LogP contribution in [0, 0.1) is 16.2 Å². The van der Waals surface area contributed by atoms with Gasteiger partial charge in [-0.3, -0.25) is 36.2 Å². The van der Waals surface area contributed by atoms with Crippen molar-refractivity contribution in [3.8, 4) is 0 Å². The van der Waals surface area contributed by atoms with Gasteiger partial charge in [-0.2, -0.15) is 0 Å². The van der Waals surface area contributed by atoms with Crippen LogP contribution in [0.3, 0.4) is 0 Å². The average molecular weight is 1360 g/mol. The lowest BCUT2D eigenvalue weighted by atomic mass is 9.75. The first-order valence-electron chi connectivity index (χ1n) is 35.0. The van der Waals surface area contributed by atoms with E-state index in [0.717, 1.165) is 199 Å². The number of aliphatic hydroxyl groups excluding tert-OH is 1. The van der Waals surface area contributed by atoms with Crippen molar-refractivity contribution in [1.82, 2.24) is 0 Å². The van der Waals surface area contributed by atoms with E-state index in [1.54, 1.807) is 0 Å². The predicted molar refractivity (Wildman–Crippen MR) is 360 cm³/mol. The molecule has 0 spiro atoms. The van der Waals surface area contributed by atoms with Gasteiger partial charge >= 0.3 is 31.3 Å². The van der Waals surface area contributed by atoms with Gasteiger partial charge in [0.25, 0.3) is 0 Å². The van der Waals surface area contributed by atoms with Gasteiger partial charge in [-0.1, -0.05) is 231 Å². The molecule has 0 aromatic rings. The van der Waals surface area contributed by atoms with Crippen LogP contribution in [-0.4, -0.2) is 122 Å². The van der Waals surface area contributed by atoms with E-state index < -0.39 is 69.4 Å². The molecule has 0 aromatic heterocycles. The van der Waals surface area contributed by atoms with Gasteiger partial charge in [-0.25, -0.2) is 18.3 Å². The first-order valence-corrected chi connectivity index (χ1v) is 40.9. The highest BCUT2D eigenvalue weighted by molar-refractivity contribution is 7.48. The summed E-state index contributed by atoms with van der Waals surface area (Å²) in [6.07, 6.45) is 28.4. The second-order valence-electron chi connectivity index (χ2n) is 25.1. The predicted octanol–water partition coefficient (Wildman–Crippen LogP) is 19.5. The van der Waals surface area contributed by atoms with Crippen molar-refractivity contribution in [2.45, 2.75) is 326 Å². The molecule has 7 atom stereocenters. The molecule has 0 amide bonds. The van der Waals surface area contributed by atoms with Crippen molar-refractivity contribution in [3.63, 3.8) is 0 Å². The maximum atomic E-state index is 14.2. The fourth-order valence-corrected chi connectivity index (χ4v) is 14.7. The van der Waals surface area contributed by atoms with E-state index in [-0.39, 0.29) is 69.9 Å². The molecule has 538 valence electrons. The summed E-state index contributed by atoms with van der Waals surface area (Å²) in [5.74, 6) is 0. The molecule has 0 aliphatic heterocycles. The van der Waals surface area contributed by atoms with E-state index in [0.29, 0.717) is 45.3 Å². The number of hydrogen-bond donors (Lipinski definition) is 5. The van der Waals surface area contributed by atoms with Gasteiger partial charge in [-0.05, 0) is 93.3 Å². The molecular formula is C65H138O20P4. The third kappa shape index (κ3) is 47.8. The zero-order valence-corrected chi connectivity index (χ0v) is 60.9. The van der Waals surface area contributed by atoms with Gasteiger partial charge < -0.3 is 38.9 Å². The van der Waals surface area contributed by atoms with Gasteiger partial charge in [0.2, 0.25) is 0 Å². The van der Waals surface area contributed by atoms with Crippen molar-refractivity contribution in [3.05, 3.63) is 0 Å². The molecular weight excluding hydrogens is 1220 g/mol. The summed E-state index contributed by atoms with van der Waals surface area (Å²) in [7, 11) is -19.9. The van der Waals surface area contributed by atoms with E-state index in [4.69, 9.17) is 50.4 Å². The molecule has 5 N–H and O–H groups in total. The van der Waals surface area contributed by atoms with Crippen LogP contribution < -0.4 is 0 Å². The molecule has 0 heterocycles. The third-order valence-corrected chi connectivity index (χ3v) is 20.7. The largest absolute Gasteiger partial charge is 0.472 e. The summed E-state index contributed by atoms with van der Waals surface area (Å²) in [6.45, 7) is 18.9. The van der Waals surface area contributed by atoms with E-state index in [9.17, 15) is 42.9 Å². The number of phosphoric ester groups is 4. The fraction of sp³-hybridized carbons (Fsp3) is 1.00. The lowest BCUT2D eigenvalue weighted by molar-refractivity contribution is -0.0544. The van der Waals surface area contributed by atoms with Crippen LogP contribution in [0.5, 0.6) is 0 Å². The molecule has 0 saturated heterocycles. The number of hydrogen-bond acceptors (Lipinski definition) is 16. The van der Waals surface area contributed by atoms with Crippen LogP contribution in [0.1, 0.15) is 308 Å². The molecule has 0 fully saturated rings. The molecule has 0 saturated carbocycles. The highest BCUT2D eigenvalue weighted by atomic mass is 31.2. The van der Waals surface area contributed by atoms with E-state index in [2.05, 4.69) is 69.2 Å². The van der Waals surface area contributed by atoms with Crippen molar-refractivity contribution >= 4 is 31.3 Å². The maximum Gasteiger partial charge on any atom is 0.472 e. The first kappa shape index (κ1) is 91.3. The first-order chi connectivity index (χ1) is 42.0. The molecule has 24 heteroatoms. The lowest BCUT2D eigenvalue weighted by Gasteiger charge is -2.35. The van der Waals surface area contributed by atoms with Gasteiger partial charge in [0.1, 0.15) is 18.3 Å². The van der Waals surface area contributed by atoms with Crippen molar-refractivity contribution in [1.29, 1.82) is 0 Å². The minimum Gasteiger partial charge on any atom is -0.396 e. The molecule has 89 heavy (non-hydrogen) atoms. The third-order valence-electron chi connectivity index (χ3n) is 16.6. The van der Waals surface area contributed by atoms with Crippen LogP contribution >= 0.6 is 31.3 Å². The second kappa shape index (κ2) is 55.3. The molecule has 0 aliphatic carbocycles. The van der Waals surface area contributed by atoms with Crippen LogP contribution in [0.4, 0.5) is 0 Å². The lowest BCUT2D eigenvalue weighted by Crippen LogP contribution is -2.33. The van der Waals surface area contributed by atoms with Gasteiger partial charge in [0, 0.05) is 6.61 Å². The van der Waals surface area contributed by atoms with Gasteiger partial charge in [-0.15, -0.1) is 0 Å². The van der Waals surface area contributed by atoms with Crippen LogP contribution in [0.15, 0.2) is 0 Å². The van der Waals surface area contributed by atoms with Crippen LogP contribution in [-0.2, 0) is 68.7 Å². The number of unbranched alkanes of at least 4 members (excludes halogenated alkanes) is 16. The molecule has 20 nitrogen and oxygen atoms in total. The molecule has 0 rings (SSSR count). The Morgan fingerprint density at radius 3 is 0.775 bits per heavy atom. The fourth-order valence-electron chi connectivity index (χ4n) is 11.1. The second-order valence-corrected chi connectivity index (χ2v) is 30.8. The van der Waals surface area contributed by atoms with Crippen molar-refractivity contribution in [2.75, 3.05) is 79.3 Å².